The number of thiazole rings is 1. The summed E-state index contributed by atoms with van der Waals surface area (Å²) >= 11 is 1.65. The Kier molecular flexibility index (Phi) is 4.53. The lowest BCUT2D eigenvalue weighted by molar-refractivity contribution is -0.117. The predicted octanol–water partition coefficient (Wildman–Crippen LogP) is 4.37. The SMILES string of the molecule is CCCC(C)CC(=O)Nc1ccc2nc(C)sc2c1. The zero-order chi connectivity index (χ0) is 13.8. The van der Waals surface area contributed by atoms with Crippen molar-refractivity contribution in [1.82, 2.24) is 4.98 Å². The zero-order valence-corrected chi connectivity index (χ0v) is 12.5. The fourth-order valence-electron chi connectivity index (χ4n) is 2.24. The van der Waals surface area contributed by atoms with Gasteiger partial charge in [-0.3, -0.25) is 4.79 Å². The van der Waals surface area contributed by atoms with Crippen molar-refractivity contribution in [2.45, 2.75) is 40.0 Å². The summed E-state index contributed by atoms with van der Waals surface area (Å²) in [6, 6.07) is 5.89. The van der Waals surface area contributed by atoms with Crippen molar-refractivity contribution in [3.8, 4) is 0 Å². The highest BCUT2D eigenvalue weighted by atomic mass is 32.1. The van der Waals surface area contributed by atoms with Gasteiger partial charge in [0.1, 0.15) is 0 Å². The van der Waals surface area contributed by atoms with Crippen molar-refractivity contribution in [1.29, 1.82) is 0 Å². The number of hydrogen-bond acceptors (Lipinski definition) is 3. The Hall–Kier alpha value is -1.42. The molecule has 1 unspecified atom stereocenters. The summed E-state index contributed by atoms with van der Waals surface area (Å²) < 4.78 is 1.12. The van der Waals surface area contributed by atoms with E-state index in [9.17, 15) is 4.79 Å². The highest BCUT2D eigenvalue weighted by molar-refractivity contribution is 7.18. The van der Waals surface area contributed by atoms with Crippen LogP contribution in [0.25, 0.3) is 10.2 Å². The first kappa shape index (κ1) is 14.0. The summed E-state index contributed by atoms with van der Waals surface area (Å²) in [7, 11) is 0. The van der Waals surface area contributed by atoms with Crippen molar-refractivity contribution < 1.29 is 4.79 Å². The quantitative estimate of drug-likeness (QED) is 0.881. The number of rotatable bonds is 5. The monoisotopic (exact) mass is 276 g/mol. The van der Waals surface area contributed by atoms with Crippen molar-refractivity contribution in [3.05, 3.63) is 23.2 Å². The summed E-state index contributed by atoms with van der Waals surface area (Å²) in [6.45, 7) is 6.27. The summed E-state index contributed by atoms with van der Waals surface area (Å²) in [6.07, 6.45) is 2.81. The second-order valence-corrected chi connectivity index (χ2v) is 6.30. The smallest absolute Gasteiger partial charge is 0.224 e. The largest absolute Gasteiger partial charge is 0.326 e. The first-order valence-corrected chi connectivity index (χ1v) is 7.57. The van der Waals surface area contributed by atoms with Crippen LogP contribution in [0.2, 0.25) is 0 Å². The van der Waals surface area contributed by atoms with Gasteiger partial charge in [0.2, 0.25) is 5.91 Å². The molecular weight excluding hydrogens is 256 g/mol. The van der Waals surface area contributed by atoms with Crippen LogP contribution in [-0.4, -0.2) is 10.9 Å². The number of benzene rings is 1. The molecule has 1 aromatic carbocycles. The van der Waals surface area contributed by atoms with Gasteiger partial charge in [0, 0.05) is 12.1 Å². The maximum absolute atomic E-state index is 11.9. The number of anilines is 1. The van der Waals surface area contributed by atoms with E-state index in [4.69, 9.17) is 0 Å². The van der Waals surface area contributed by atoms with E-state index in [0.29, 0.717) is 12.3 Å². The summed E-state index contributed by atoms with van der Waals surface area (Å²) in [5.74, 6) is 0.543. The highest BCUT2D eigenvalue weighted by Crippen LogP contribution is 2.25. The summed E-state index contributed by atoms with van der Waals surface area (Å²) in [5.41, 5.74) is 1.87. The molecule has 2 aromatic rings. The second kappa shape index (κ2) is 6.15. The standard InChI is InChI=1S/C15H20N2OS/c1-4-5-10(2)8-15(18)17-12-6-7-13-14(9-12)19-11(3)16-13/h6-7,9-10H,4-5,8H2,1-3H3,(H,17,18). The van der Waals surface area contributed by atoms with Gasteiger partial charge in [-0.15, -0.1) is 11.3 Å². The van der Waals surface area contributed by atoms with Gasteiger partial charge in [-0.05, 0) is 31.0 Å². The van der Waals surface area contributed by atoms with E-state index in [1.807, 2.05) is 25.1 Å². The lowest BCUT2D eigenvalue weighted by Crippen LogP contribution is -2.14. The molecule has 0 fully saturated rings. The van der Waals surface area contributed by atoms with Crippen LogP contribution >= 0.6 is 11.3 Å². The number of nitrogens with zero attached hydrogens (tertiary/aromatic N) is 1. The number of hydrogen-bond donors (Lipinski definition) is 1. The Morgan fingerprint density at radius 1 is 1.47 bits per heavy atom. The Bertz CT molecular complexity index is 577. The minimum Gasteiger partial charge on any atom is -0.326 e. The molecule has 0 aliphatic rings. The molecule has 0 saturated heterocycles. The number of amides is 1. The van der Waals surface area contributed by atoms with E-state index in [1.54, 1.807) is 11.3 Å². The number of fused-ring (bicyclic) bond motifs is 1. The minimum absolute atomic E-state index is 0.0986. The van der Waals surface area contributed by atoms with Crippen LogP contribution in [0.3, 0.4) is 0 Å². The normalized spacial score (nSPS) is 12.6. The molecule has 1 amide bonds. The first-order chi connectivity index (χ1) is 9.08. The van der Waals surface area contributed by atoms with E-state index in [2.05, 4.69) is 24.1 Å². The second-order valence-electron chi connectivity index (χ2n) is 5.06. The van der Waals surface area contributed by atoms with Crippen molar-refractivity contribution in [2.24, 2.45) is 5.92 Å². The highest BCUT2D eigenvalue weighted by Gasteiger charge is 2.09. The number of aryl methyl sites for hydroxylation is 1. The predicted molar refractivity (Wildman–Crippen MR) is 81.7 cm³/mol. The third-order valence-corrected chi connectivity index (χ3v) is 4.03. The molecule has 1 heterocycles. The fraction of sp³-hybridized carbons (Fsp3) is 0.467. The molecule has 0 spiro atoms. The Balaban J connectivity index is 2.02. The van der Waals surface area contributed by atoms with Crippen LogP contribution in [0.15, 0.2) is 18.2 Å². The molecule has 2 rings (SSSR count). The van der Waals surface area contributed by atoms with E-state index in [-0.39, 0.29) is 5.91 Å². The van der Waals surface area contributed by atoms with Gasteiger partial charge in [-0.2, -0.15) is 0 Å². The van der Waals surface area contributed by atoms with Gasteiger partial charge in [0.25, 0.3) is 0 Å². The number of carbonyl (C=O) groups excluding carboxylic acids is 1. The topological polar surface area (TPSA) is 42.0 Å². The first-order valence-electron chi connectivity index (χ1n) is 6.75. The summed E-state index contributed by atoms with van der Waals surface area (Å²) in [4.78, 5) is 16.3. The molecule has 0 radical (unpaired) electrons. The van der Waals surface area contributed by atoms with Gasteiger partial charge in [0.05, 0.1) is 15.2 Å². The van der Waals surface area contributed by atoms with Gasteiger partial charge in [-0.25, -0.2) is 4.98 Å². The molecule has 4 heteroatoms. The van der Waals surface area contributed by atoms with E-state index < -0.39 is 0 Å². The molecule has 0 aliphatic carbocycles. The molecule has 1 aromatic heterocycles. The molecule has 0 aliphatic heterocycles. The average molecular weight is 276 g/mol. The fourth-order valence-corrected chi connectivity index (χ4v) is 3.11. The lowest BCUT2D eigenvalue weighted by atomic mass is 10.0. The number of aromatic nitrogens is 1. The number of nitrogens with one attached hydrogen (secondary N) is 1. The molecule has 102 valence electrons. The van der Waals surface area contributed by atoms with Crippen LogP contribution in [-0.2, 0) is 4.79 Å². The maximum atomic E-state index is 11.9. The van der Waals surface area contributed by atoms with Gasteiger partial charge < -0.3 is 5.32 Å². The van der Waals surface area contributed by atoms with Crippen LogP contribution in [0.1, 0.15) is 38.1 Å². The van der Waals surface area contributed by atoms with Gasteiger partial charge >= 0.3 is 0 Å². The van der Waals surface area contributed by atoms with Crippen LogP contribution < -0.4 is 5.32 Å². The Morgan fingerprint density at radius 3 is 3.00 bits per heavy atom. The Morgan fingerprint density at radius 2 is 2.26 bits per heavy atom. The maximum Gasteiger partial charge on any atom is 0.224 e. The van der Waals surface area contributed by atoms with Crippen LogP contribution in [0.4, 0.5) is 5.69 Å². The van der Waals surface area contributed by atoms with Gasteiger partial charge in [0.15, 0.2) is 0 Å². The van der Waals surface area contributed by atoms with Crippen LogP contribution in [0, 0.1) is 12.8 Å². The molecule has 0 saturated carbocycles. The van der Waals surface area contributed by atoms with Crippen molar-refractivity contribution >= 4 is 33.1 Å². The van der Waals surface area contributed by atoms with E-state index >= 15 is 0 Å². The molecular formula is C15H20N2OS. The molecule has 3 nitrogen and oxygen atoms in total. The molecule has 0 bridgehead atoms. The lowest BCUT2D eigenvalue weighted by Gasteiger charge is -2.10. The molecule has 1 atom stereocenters. The summed E-state index contributed by atoms with van der Waals surface area (Å²) in [5, 5.41) is 4.02. The minimum atomic E-state index is 0.0986. The zero-order valence-electron chi connectivity index (χ0n) is 11.7. The van der Waals surface area contributed by atoms with Crippen molar-refractivity contribution in [2.75, 3.05) is 5.32 Å². The molecule has 19 heavy (non-hydrogen) atoms. The number of carbonyl (C=O) groups is 1. The third kappa shape index (κ3) is 3.77. The van der Waals surface area contributed by atoms with Gasteiger partial charge in [-0.1, -0.05) is 26.7 Å². The average Bonchev–Trinajstić information content (AvgIpc) is 2.68. The Labute approximate surface area is 118 Å². The van der Waals surface area contributed by atoms with Crippen molar-refractivity contribution in [3.63, 3.8) is 0 Å². The third-order valence-electron chi connectivity index (χ3n) is 3.09. The van der Waals surface area contributed by atoms with E-state index in [1.165, 1.54) is 0 Å². The molecule has 1 N–H and O–H groups in total. The van der Waals surface area contributed by atoms with E-state index in [0.717, 1.165) is 33.8 Å². The van der Waals surface area contributed by atoms with Crippen LogP contribution in [0.5, 0.6) is 0 Å².